The van der Waals surface area contributed by atoms with E-state index in [1.807, 2.05) is 13.8 Å². The molecule has 2 heterocycles. The quantitative estimate of drug-likeness (QED) is 0.467. The highest BCUT2D eigenvalue weighted by Crippen LogP contribution is 2.36. The second-order valence-corrected chi connectivity index (χ2v) is 14.8. The van der Waals surface area contributed by atoms with Crippen LogP contribution in [0.1, 0.15) is 57.8 Å². The molecule has 2 N–H and O–H groups in total. The van der Waals surface area contributed by atoms with Crippen LogP contribution in [-0.2, 0) is 9.16 Å². The summed E-state index contributed by atoms with van der Waals surface area (Å²) in [6.45, 7) is 16.4. The first-order valence-corrected chi connectivity index (χ1v) is 13.7. The third kappa shape index (κ3) is 6.95. The van der Waals surface area contributed by atoms with E-state index in [9.17, 15) is 4.79 Å². The van der Waals surface area contributed by atoms with Crippen LogP contribution in [0.25, 0.3) is 0 Å². The van der Waals surface area contributed by atoms with E-state index in [2.05, 4.69) is 49.5 Å². The van der Waals surface area contributed by atoms with Gasteiger partial charge >= 0.3 is 0 Å². The Bertz CT molecular complexity index is 699. The van der Waals surface area contributed by atoms with E-state index in [-0.39, 0.29) is 29.1 Å². The maximum atomic E-state index is 12.8. The average molecular weight is 442 g/mol. The Morgan fingerprint density at radius 3 is 2.62 bits per heavy atom. The van der Waals surface area contributed by atoms with Crippen molar-refractivity contribution in [2.24, 2.45) is 0 Å². The van der Waals surface area contributed by atoms with Crippen molar-refractivity contribution in [3.05, 3.63) is 23.0 Å². The summed E-state index contributed by atoms with van der Waals surface area (Å²) in [5.74, 6) is -0.165. The lowest BCUT2D eigenvalue weighted by atomic mass is 10.0. The number of pyridine rings is 1. The van der Waals surface area contributed by atoms with Crippen LogP contribution in [0.5, 0.6) is 0 Å². The second kappa shape index (κ2) is 9.77. The molecule has 6 nitrogen and oxygen atoms in total. The smallest absolute Gasteiger partial charge is 0.255 e. The fourth-order valence-electron chi connectivity index (χ4n) is 2.87. The van der Waals surface area contributed by atoms with Crippen molar-refractivity contribution in [3.8, 4) is 0 Å². The maximum absolute atomic E-state index is 12.8. The van der Waals surface area contributed by atoms with Crippen molar-refractivity contribution in [1.82, 2.24) is 10.3 Å². The van der Waals surface area contributed by atoms with E-state index < -0.39 is 8.32 Å². The summed E-state index contributed by atoms with van der Waals surface area (Å²) in [5, 5.41) is 6.86. The van der Waals surface area contributed by atoms with Crippen molar-refractivity contribution in [3.63, 3.8) is 0 Å². The van der Waals surface area contributed by atoms with Crippen LogP contribution in [0.3, 0.4) is 0 Å². The fraction of sp³-hybridized carbons (Fsp3) is 0.714. The van der Waals surface area contributed by atoms with Crippen LogP contribution in [0.2, 0.25) is 23.3 Å². The number of carbonyl (C=O) groups excluding carboxylic acids is 1. The molecule has 1 fully saturated rings. The van der Waals surface area contributed by atoms with Gasteiger partial charge in [0.25, 0.3) is 5.91 Å². The number of aromatic nitrogens is 1. The lowest BCUT2D eigenvalue weighted by Crippen LogP contribution is -2.46. The first-order valence-electron chi connectivity index (χ1n) is 10.4. The van der Waals surface area contributed by atoms with Crippen LogP contribution >= 0.6 is 11.6 Å². The molecule has 1 aliphatic rings. The monoisotopic (exact) mass is 441 g/mol. The van der Waals surface area contributed by atoms with Crippen molar-refractivity contribution in [2.45, 2.75) is 83.8 Å². The van der Waals surface area contributed by atoms with Crippen LogP contribution in [-0.4, -0.2) is 50.6 Å². The molecule has 1 saturated heterocycles. The van der Waals surface area contributed by atoms with E-state index in [0.29, 0.717) is 29.6 Å². The molecule has 0 saturated carbocycles. The fourth-order valence-corrected chi connectivity index (χ4v) is 4.07. The molecule has 1 aromatic heterocycles. The van der Waals surface area contributed by atoms with E-state index in [1.54, 1.807) is 6.07 Å². The Balaban J connectivity index is 1.88. The molecular formula is C21H36ClN3O3Si. The minimum Gasteiger partial charge on any atom is -0.414 e. The van der Waals surface area contributed by atoms with Crippen LogP contribution in [0, 0.1) is 0 Å². The number of hydrogen-bond acceptors (Lipinski definition) is 5. The molecule has 1 amide bonds. The number of carbonyl (C=O) groups is 1. The van der Waals surface area contributed by atoms with E-state index in [0.717, 1.165) is 12.8 Å². The van der Waals surface area contributed by atoms with Crippen molar-refractivity contribution in [1.29, 1.82) is 0 Å². The number of nitrogens with one attached hydrogen (secondary N) is 2. The molecule has 0 spiro atoms. The van der Waals surface area contributed by atoms with Crippen molar-refractivity contribution >= 4 is 31.5 Å². The summed E-state index contributed by atoms with van der Waals surface area (Å²) in [6, 6.07) is 1.84. The molecule has 1 aromatic rings. The van der Waals surface area contributed by atoms with Gasteiger partial charge in [-0.2, -0.15) is 0 Å². The lowest BCUT2D eigenvalue weighted by molar-refractivity contribution is -0.0276. The van der Waals surface area contributed by atoms with E-state index >= 15 is 0 Å². The highest BCUT2D eigenvalue weighted by molar-refractivity contribution is 6.74. The number of nitrogens with zero attached hydrogens (tertiary/aromatic N) is 1. The topological polar surface area (TPSA) is 72.5 Å². The van der Waals surface area contributed by atoms with Gasteiger partial charge in [-0.15, -0.1) is 0 Å². The first-order chi connectivity index (χ1) is 13.4. The number of rotatable bonds is 7. The zero-order valence-corrected chi connectivity index (χ0v) is 20.5. The van der Waals surface area contributed by atoms with Crippen LogP contribution in [0.15, 0.2) is 12.3 Å². The van der Waals surface area contributed by atoms with Gasteiger partial charge in [0.05, 0.1) is 36.6 Å². The van der Waals surface area contributed by atoms with Gasteiger partial charge in [-0.1, -0.05) is 32.4 Å². The molecule has 0 radical (unpaired) electrons. The number of anilines is 1. The van der Waals surface area contributed by atoms with Gasteiger partial charge in [0, 0.05) is 12.2 Å². The molecule has 164 valence electrons. The molecule has 2 rings (SSSR count). The Kier molecular flexibility index (Phi) is 8.13. The third-order valence-corrected chi connectivity index (χ3v) is 10.4. The van der Waals surface area contributed by atoms with E-state index in [4.69, 9.17) is 20.8 Å². The zero-order valence-electron chi connectivity index (χ0n) is 18.8. The summed E-state index contributed by atoms with van der Waals surface area (Å²) in [6.07, 6.45) is 3.34. The highest BCUT2D eigenvalue weighted by atomic mass is 35.5. The van der Waals surface area contributed by atoms with E-state index in [1.165, 1.54) is 6.20 Å². The van der Waals surface area contributed by atoms with Gasteiger partial charge in [-0.3, -0.25) is 4.79 Å². The summed E-state index contributed by atoms with van der Waals surface area (Å²) >= 11 is 5.99. The van der Waals surface area contributed by atoms with Gasteiger partial charge in [-0.05, 0) is 50.9 Å². The Morgan fingerprint density at radius 2 is 2.07 bits per heavy atom. The minimum atomic E-state index is -1.78. The van der Waals surface area contributed by atoms with Crippen molar-refractivity contribution < 1.29 is 14.0 Å². The number of amides is 1. The third-order valence-electron chi connectivity index (χ3n) is 5.70. The second-order valence-electron chi connectivity index (χ2n) is 9.63. The molecule has 8 heteroatoms. The summed E-state index contributed by atoms with van der Waals surface area (Å²) in [5.41, 5.74) is 1.18. The maximum Gasteiger partial charge on any atom is 0.255 e. The molecular weight excluding hydrogens is 406 g/mol. The molecule has 1 aliphatic heterocycles. The van der Waals surface area contributed by atoms with Gasteiger partial charge in [0.2, 0.25) is 0 Å². The molecule has 0 bridgehead atoms. The summed E-state index contributed by atoms with van der Waals surface area (Å²) in [4.78, 5) is 16.8. The Labute approximate surface area is 181 Å². The van der Waals surface area contributed by atoms with Crippen LogP contribution < -0.4 is 10.6 Å². The Morgan fingerprint density at radius 1 is 1.38 bits per heavy atom. The predicted octanol–water partition coefficient (Wildman–Crippen LogP) is 4.85. The highest BCUT2D eigenvalue weighted by Gasteiger charge is 2.38. The van der Waals surface area contributed by atoms with Gasteiger partial charge < -0.3 is 19.8 Å². The number of hydrogen-bond donors (Lipinski definition) is 2. The van der Waals surface area contributed by atoms with Gasteiger partial charge in [0.15, 0.2) is 8.32 Å². The molecule has 0 aliphatic carbocycles. The number of halogens is 1. The van der Waals surface area contributed by atoms with Crippen LogP contribution in [0.4, 0.5) is 5.69 Å². The molecule has 0 unspecified atom stereocenters. The average Bonchev–Trinajstić information content (AvgIpc) is 2.59. The molecule has 29 heavy (non-hydrogen) atoms. The summed E-state index contributed by atoms with van der Waals surface area (Å²) in [7, 11) is -1.78. The minimum absolute atomic E-state index is 0.0193. The van der Waals surface area contributed by atoms with Gasteiger partial charge in [-0.25, -0.2) is 4.98 Å². The molecule has 2 atom stereocenters. The normalized spacial score (nSPS) is 20.6. The largest absolute Gasteiger partial charge is 0.414 e. The lowest BCUT2D eigenvalue weighted by Gasteiger charge is -2.38. The standard InChI is InChI=1S/C21H36ClN3O3Si/c1-14(2)24-18-10-19(22)23-11-17(18)20(26)25-15-8-9-16(27-12-15)13-28-29(6,7)21(3,4)5/h10-11,14-16H,8-9,12-13H2,1-7H3,(H,23,24)(H,25,26)/t15-,16+/m1/s1. The van der Waals surface area contributed by atoms with Crippen molar-refractivity contribution in [2.75, 3.05) is 18.5 Å². The SMILES string of the molecule is CC(C)Nc1cc(Cl)ncc1C(=O)N[C@@H]1CC[C@@H](CO[Si](C)(C)C(C)(C)C)OC1. The molecule has 0 aromatic carbocycles. The van der Waals surface area contributed by atoms with Gasteiger partial charge in [0.1, 0.15) is 5.15 Å². The number of ether oxygens (including phenoxy) is 1. The predicted molar refractivity (Wildman–Crippen MR) is 121 cm³/mol. The first kappa shape index (κ1) is 24.1. The summed E-state index contributed by atoms with van der Waals surface area (Å²) < 4.78 is 12.3. The zero-order chi connectivity index (χ0) is 21.8. The Hall–Kier alpha value is -1.15.